The molecule has 5 heteroatoms. The second-order valence-electron chi connectivity index (χ2n) is 6.42. The van der Waals surface area contributed by atoms with E-state index in [1.165, 1.54) is 0 Å². The summed E-state index contributed by atoms with van der Waals surface area (Å²) in [5, 5.41) is 3.30. The van der Waals surface area contributed by atoms with Crippen LogP contribution in [0.2, 0.25) is 0 Å². The molecule has 1 aliphatic carbocycles. The van der Waals surface area contributed by atoms with Crippen molar-refractivity contribution in [1.29, 1.82) is 0 Å². The lowest BCUT2D eigenvalue weighted by molar-refractivity contribution is 0.538. The Labute approximate surface area is 128 Å². The first kappa shape index (κ1) is 16.5. The highest BCUT2D eigenvalue weighted by molar-refractivity contribution is 7.89. The molecule has 0 bridgehead atoms. The van der Waals surface area contributed by atoms with E-state index >= 15 is 0 Å². The van der Waals surface area contributed by atoms with Crippen LogP contribution >= 0.6 is 0 Å². The zero-order chi connectivity index (χ0) is 15.5. The highest BCUT2D eigenvalue weighted by Gasteiger charge is 2.26. The molecule has 4 nitrogen and oxygen atoms in total. The molecule has 1 aromatic rings. The summed E-state index contributed by atoms with van der Waals surface area (Å²) in [7, 11) is -3.41. The molecule has 0 saturated heterocycles. The summed E-state index contributed by atoms with van der Waals surface area (Å²) in [5.41, 5.74) is 0.992. The average molecular weight is 310 g/mol. The fourth-order valence-electron chi connectivity index (χ4n) is 2.75. The Bertz CT molecular complexity index is 569. The van der Waals surface area contributed by atoms with E-state index in [0.717, 1.165) is 24.8 Å². The van der Waals surface area contributed by atoms with Crippen LogP contribution in [0.15, 0.2) is 29.2 Å². The predicted octanol–water partition coefficient (Wildman–Crippen LogP) is 2.65. The third kappa shape index (κ3) is 4.80. The second kappa shape index (κ2) is 6.90. The number of sulfonamides is 1. The van der Waals surface area contributed by atoms with E-state index in [-0.39, 0.29) is 6.04 Å². The van der Waals surface area contributed by atoms with Crippen molar-refractivity contribution in [3.63, 3.8) is 0 Å². The van der Waals surface area contributed by atoms with Gasteiger partial charge in [-0.05, 0) is 42.9 Å². The van der Waals surface area contributed by atoms with Gasteiger partial charge < -0.3 is 5.32 Å². The highest BCUT2D eigenvalue weighted by Crippen LogP contribution is 2.26. The van der Waals surface area contributed by atoms with Crippen molar-refractivity contribution in [2.24, 2.45) is 5.92 Å². The van der Waals surface area contributed by atoms with Gasteiger partial charge in [0.2, 0.25) is 10.0 Å². The summed E-state index contributed by atoms with van der Waals surface area (Å²) in [4.78, 5) is 0.366. The molecule has 1 aromatic carbocycles. The molecular weight excluding hydrogens is 284 g/mol. The minimum atomic E-state index is -3.41. The van der Waals surface area contributed by atoms with Crippen LogP contribution in [0, 0.1) is 5.92 Å². The molecule has 0 spiro atoms. The first-order chi connectivity index (χ1) is 9.87. The lowest BCUT2D eigenvalue weighted by Gasteiger charge is -2.14. The van der Waals surface area contributed by atoms with Gasteiger partial charge >= 0.3 is 0 Å². The Morgan fingerprint density at radius 3 is 2.67 bits per heavy atom. The van der Waals surface area contributed by atoms with E-state index in [9.17, 15) is 8.42 Å². The summed E-state index contributed by atoms with van der Waals surface area (Å²) in [6, 6.07) is 7.65. The number of nitrogens with one attached hydrogen (secondary N) is 2. The number of hydrogen-bond acceptors (Lipinski definition) is 3. The van der Waals surface area contributed by atoms with Crippen LogP contribution in [0.25, 0.3) is 0 Å². The third-order valence-electron chi connectivity index (χ3n) is 3.94. The van der Waals surface area contributed by atoms with Crippen molar-refractivity contribution in [1.82, 2.24) is 10.0 Å². The van der Waals surface area contributed by atoms with Gasteiger partial charge in [0.1, 0.15) is 0 Å². The number of hydrogen-bond donors (Lipinski definition) is 2. The molecule has 0 aliphatic heterocycles. The molecule has 118 valence electrons. The van der Waals surface area contributed by atoms with E-state index < -0.39 is 10.0 Å². The van der Waals surface area contributed by atoms with Gasteiger partial charge in [0.25, 0.3) is 0 Å². The molecule has 21 heavy (non-hydrogen) atoms. The Kier molecular flexibility index (Phi) is 5.41. The fourth-order valence-corrected chi connectivity index (χ4v) is 4.10. The summed E-state index contributed by atoms with van der Waals surface area (Å²) in [5.74, 6) is 0.610. The maximum atomic E-state index is 12.5. The molecule has 0 radical (unpaired) electrons. The Balaban J connectivity index is 2.07. The van der Waals surface area contributed by atoms with E-state index in [0.29, 0.717) is 23.4 Å². The van der Waals surface area contributed by atoms with Gasteiger partial charge in [-0.1, -0.05) is 32.9 Å². The monoisotopic (exact) mass is 310 g/mol. The smallest absolute Gasteiger partial charge is 0.240 e. The average Bonchev–Trinajstić information content (AvgIpc) is 2.81. The lowest BCUT2D eigenvalue weighted by atomic mass is 10.1. The van der Waals surface area contributed by atoms with Gasteiger partial charge in [0.15, 0.2) is 0 Å². The zero-order valence-corrected chi connectivity index (χ0v) is 13.9. The fraction of sp³-hybridized carbons (Fsp3) is 0.625. The van der Waals surface area contributed by atoms with Crippen molar-refractivity contribution in [3.8, 4) is 0 Å². The summed E-state index contributed by atoms with van der Waals surface area (Å²) < 4.78 is 27.8. The molecule has 1 aliphatic rings. The normalized spacial score (nSPS) is 22.9. The van der Waals surface area contributed by atoms with Crippen LogP contribution in [-0.4, -0.2) is 20.5 Å². The Morgan fingerprint density at radius 1 is 1.29 bits per heavy atom. The van der Waals surface area contributed by atoms with Crippen molar-refractivity contribution >= 4 is 10.0 Å². The van der Waals surface area contributed by atoms with Gasteiger partial charge in [-0.2, -0.15) is 0 Å². The summed E-state index contributed by atoms with van der Waals surface area (Å²) in [6.45, 7) is 7.00. The van der Waals surface area contributed by atoms with Crippen molar-refractivity contribution in [2.75, 3.05) is 0 Å². The van der Waals surface area contributed by atoms with Crippen molar-refractivity contribution in [2.45, 2.75) is 63.6 Å². The van der Waals surface area contributed by atoms with Gasteiger partial charge in [0, 0.05) is 18.6 Å². The van der Waals surface area contributed by atoms with Crippen LogP contribution in [-0.2, 0) is 16.6 Å². The maximum Gasteiger partial charge on any atom is 0.240 e. The molecule has 2 unspecified atom stereocenters. The number of rotatable bonds is 6. The van der Waals surface area contributed by atoms with Crippen molar-refractivity contribution in [3.05, 3.63) is 29.8 Å². The van der Waals surface area contributed by atoms with Crippen LogP contribution in [0.3, 0.4) is 0 Å². The molecule has 0 aromatic heterocycles. The minimum absolute atomic E-state index is 0.0856. The maximum absolute atomic E-state index is 12.5. The topological polar surface area (TPSA) is 58.2 Å². The molecular formula is C16H26N2O2S. The van der Waals surface area contributed by atoms with E-state index in [4.69, 9.17) is 0 Å². The lowest BCUT2D eigenvalue weighted by Crippen LogP contribution is -2.33. The van der Waals surface area contributed by atoms with Crippen molar-refractivity contribution < 1.29 is 8.42 Å². The van der Waals surface area contributed by atoms with E-state index in [1.54, 1.807) is 12.1 Å². The molecule has 0 amide bonds. The van der Waals surface area contributed by atoms with Crippen LogP contribution in [0.4, 0.5) is 0 Å². The molecule has 2 atom stereocenters. The van der Waals surface area contributed by atoms with Crippen LogP contribution in [0.1, 0.15) is 45.6 Å². The quantitative estimate of drug-likeness (QED) is 0.849. The largest absolute Gasteiger partial charge is 0.310 e. The Morgan fingerprint density at radius 2 is 2.05 bits per heavy atom. The highest BCUT2D eigenvalue weighted by atomic mass is 32.2. The second-order valence-corrected chi connectivity index (χ2v) is 8.13. The molecule has 1 saturated carbocycles. The van der Waals surface area contributed by atoms with Gasteiger partial charge in [-0.25, -0.2) is 13.1 Å². The summed E-state index contributed by atoms with van der Waals surface area (Å²) in [6.07, 6.45) is 2.98. The first-order valence-electron chi connectivity index (χ1n) is 7.71. The first-order valence-corrected chi connectivity index (χ1v) is 9.20. The third-order valence-corrected chi connectivity index (χ3v) is 5.46. The molecule has 2 N–H and O–H groups in total. The molecule has 2 rings (SSSR count). The minimum Gasteiger partial charge on any atom is -0.310 e. The van der Waals surface area contributed by atoms with Gasteiger partial charge in [0.05, 0.1) is 4.90 Å². The summed E-state index contributed by atoms with van der Waals surface area (Å²) >= 11 is 0. The van der Waals surface area contributed by atoms with Crippen LogP contribution in [0.5, 0.6) is 0 Å². The SMILES string of the molecule is CC1CCC(NS(=O)(=O)c2cccc(CNC(C)C)c2)C1. The number of benzene rings is 1. The predicted molar refractivity (Wildman–Crippen MR) is 85.5 cm³/mol. The standard InChI is InChI=1S/C16H26N2O2S/c1-12(2)17-11-14-5-4-6-16(10-14)21(19,20)18-15-8-7-13(3)9-15/h4-6,10,12-13,15,17-18H,7-9,11H2,1-3H3. The van der Waals surface area contributed by atoms with E-state index in [1.807, 2.05) is 12.1 Å². The van der Waals surface area contributed by atoms with Gasteiger partial charge in [-0.15, -0.1) is 0 Å². The zero-order valence-electron chi connectivity index (χ0n) is 13.1. The van der Waals surface area contributed by atoms with E-state index in [2.05, 4.69) is 30.8 Å². The molecule has 0 heterocycles. The van der Waals surface area contributed by atoms with Gasteiger partial charge in [-0.3, -0.25) is 0 Å². The molecule has 1 fully saturated rings. The Hall–Kier alpha value is -0.910. The van der Waals surface area contributed by atoms with Crippen LogP contribution < -0.4 is 10.0 Å².